The molecular weight excluding hydrogens is 300 g/mol. The number of hydrogen-bond donors (Lipinski definition) is 2. The van der Waals surface area contributed by atoms with Crippen molar-refractivity contribution in [2.45, 2.75) is 32.4 Å². The minimum absolute atomic E-state index is 0.243. The number of benzene rings is 1. The van der Waals surface area contributed by atoms with Crippen molar-refractivity contribution in [1.82, 2.24) is 5.32 Å². The highest BCUT2D eigenvalue weighted by Gasteiger charge is 2.25. The summed E-state index contributed by atoms with van der Waals surface area (Å²) in [6, 6.07) is 0.0112. The van der Waals surface area contributed by atoms with Gasteiger partial charge in [-0.2, -0.15) is 4.39 Å². The summed E-state index contributed by atoms with van der Waals surface area (Å²) >= 11 is 0. The largest absolute Gasteiger partial charge is 0.444 e. The van der Waals surface area contributed by atoms with Crippen LogP contribution in [0.5, 0.6) is 0 Å². The Kier molecular flexibility index (Phi) is 5.37. The normalized spacial score (nSPS) is 12.6. The fourth-order valence-corrected chi connectivity index (χ4v) is 1.67. The number of carbonyl (C=O) groups is 1. The minimum atomic E-state index is -1.22. The van der Waals surface area contributed by atoms with Crippen LogP contribution in [0.1, 0.15) is 32.4 Å². The molecule has 1 unspecified atom stereocenters. The lowest BCUT2D eigenvalue weighted by Gasteiger charge is -2.23. The van der Waals surface area contributed by atoms with E-state index in [-0.39, 0.29) is 12.1 Å². The van der Waals surface area contributed by atoms with Gasteiger partial charge in [0.05, 0.1) is 17.0 Å². The smallest absolute Gasteiger partial charge is 0.408 e. The summed E-state index contributed by atoms with van der Waals surface area (Å²) in [6.45, 7) is 4.66. The molecule has 1 aromatic carbocycles. The molecule has 0 aliphatic heterocycles. The fraction of sp³-hybridized carbons (Fsp3) is 0.462. The number of halogens is 2. The number of nitro groups is 1. The fourth-order valence-electron chi connectivity index (χ4n) is 1.67. The second kappa shape index (κ2) is 6.65. The molecule has 0 saturated heterocycles. The Balaban J connectivity index is 3.03. The van der Waals surface area contributed by atoms with Gasteiger partial charge in [-0.25, -0.2) is 9.18 Å². The van der Waals surface area contributed by atoms with Gasteiger partial charge in [-0.15, -0.1) is 0 Å². The van der Waals surface area contributed by atoms with Crippen LogP contribution in [0.15, 0.2) is 12.1 Å². The predicted octanol–water partition coefficient (Wildman–Crippen LogP) is 2.40. The number of nitrogens with two attached hydrogens (primary N) is 1. The van der Waals surface area contributed by atoms with E-state index in [1.165, 1.54) is 0 Å². The van der Waals surface area contributed by atoms with Gasteiger partial charge < -0.3 is 15.8 Å². The second-order valence-electron chi connectivity index (χ2n) is 5.52. The monoisotopic (exact) mass is 317 g/mol. The van der Waals surface area contributed by atoms with Crippen LogP contribution in [0.3, 0.4) is 0 Å². The van der Waals surface area contributed by atoms with E-state index < -0.39 is 40.0 Å². The SMILES string of the molecule is CC(C)(C)OC(=O)NC(CN)c1cc(F)c([N+](=O)[O-])cc1F. The predicted molar refractivity (Wildman–Crippen MR) is 74.2 cm³/mol. The molecule has 0 fully saturated rings. The first kappa shape index (κ1) is 17.8. The third-order valence-electron chi connectivity index (χ3n) is 2.56. The Morgan fingerprint density at radius 3 is 2.45 bits per heavy atom. The molecule has 1 rings (SSSR count). The van der Waals surface area contributed by atoms with Gasteiger partial charge in [0.2, 0.25) is 5.82 Å². The van der Waals surface area contributed by atoms with Gasteiger partial charge in [0.15, 0.2) is 0 Å². The molecule has 0 bridgehead atoms. The Hall–Kier alpha value is -2.29. The van der Waals surface area contributed by atoms with Crippen LogP contribution < -0.4 is 11.1 Å². The first-order valence-corrected chi connectivity index (χ1v) is 6.38. The van der Waals surface area contributed by atoms with Gasteiger partial charge in [0.1, 0.15) is 11.4 Å². The lowest BCUT2D eigenvalue weighted by atomic mass is 10.1. The van der Waals surface area contributed by atoms with E-state index in [2.05, 4.69) is 5.32 Å². The highest BCUT2D eigenvalue weighted by atomic mass is 19.1. The van der Waals surface area contributed by atoms with Crippen LogP contribution in [0, 0.1) is 21.7 Å². The summed E-state index contributed by atoms with van der Waals surface area (Å²) in [5.74, 6) is -2.26. The molecule has 1 atom stereocenters. The van der Waals surface area contributed by atoms with Crippen molar-refractivity contribution in [2.75, 3.05) is 6.54 Å². The minimum Gasteiger partial charge on any atom is -0.444 e. The van der Waals surface area contributed by atoms with E-state index in [9.17, 15) is 23.7 Å². The molecule has 1 aromatic rings. The molecule has 0 spiro atoms. The molecule has 0 heterocycles. The van der Waals surface area contributed by atoms with Crippen molar-refractivity contribution < 1.29 is 23.2 Å². The van der Waals surface area contributed by atoms with Crippen LogP contribution in [0.25, 0.3) is 0 Å². The van der Waals surface area contributed by atoms with Crippen molar-refractivity contribution >= 4 is 11.8 Å². The summed E-state index contributed by atoms with van der Waals surface area (Å²) in [7, 11) is 0. The first-order chi connectivity index (χ1) is 10.0. The number of alkyl carbamates (subject to hydrolysis) is 1. The molecule has 0 aliphatic carbocycles. The summed E-state index contributed by atoms with van der Waals surface area (Å²) in [5, 5.41) is 12.8. The molecule has 0 aromatic heterocycles. The zero-order valence-corrected chi connectivity index (χ0v) is 12.4. The van der Waals surface area contributed by atoms with Gasteiger partial charge >= 0.3 is 11.8 Å². The lowest BCUT2D eigenvalue weighted by molar-refractivity contribution is -0.387. The molecule has 22 heavy (non-hydrogen) atoms. The number of amides is 1. The second-order valence-corrected chi connectivity index (χ2v) is 5.52. The number of carbonyl (C=O) groups excluding carboxylic acids is 1. The summed E-state index contributed by atoms with van der Waals surface area (Å²) < 4.78 is 32.5. The standard InChI is InChI=1S/C13H17F2N3O4/c1-13(2,3)22-12(19)17-10(6-16)7-4-9(15)11(18(20)21)5-8(7)14/h4-5,10H,6,16H2,1-3H3,(H,17,19). The van der Waals surface area contributed by atoms with Crippen LogP contribution in [-0.4, -0.2) is 23.2 Å². The van der Waals surface area contributed by atoms with Gasteiger partial charge in [0, 0.05) is 12.1 Å². The van der Waals surface area contributed by atoms with Gasteiger partial charge in [-0.1, -0.05) is 0 Å². The average molecular weight is 317 g/mol. The third-order valence-corrected chi connectivity index (χ3v) is 2.56. The Bertz CT molecular complexity index is 587. The van der Waals surface area contributed by atoms with Gasteiger partial charge in [0.25, 0.3) is 0 Å². The zero-order chi connectivity index (χ0) is 17.1. The third kappa shape index (κ3) is 4.62. The average Bonchev–Trinajstić information content (AvgIpc) is 2.36. The molecule has 122 valence electrons. The molecule has 0 saturated carbocycles. The lowest BCUT2D eigenvalue weighted by Crippen LogP contribution is -2.38. The summed E-state index contributed by atoms with van der Waals surface area (Å²) in [6.07, 6.45) is -0.860. The van der Waals surface area contributed by atoms with Crippen molar-refractivity contribution in [1.29, 1.82) is 0 Å². The molecule has 0 radical (unpaired) electrons. The number of nitrogens with one attached hydrogen (secondary N) is 1. The van der Waals surface area contributed by atoms with Crippen molar-refractivity contribution in [3.05, 3.63) is 39.4 Å². The van der Waals surface area contributed by atoms with Crippen LogP contribution >= 0.6 is 0 Å². The number of nitro benzene ring substituents is 1. The molecule has 0 aliphatic rings. The number of nitrogens with zero attached hydrogens (tertiary/aromatic N) is 1. The Labute approximate surface area is 125 Å². The topological polar surface area (TPSA) is 107 Å². The summed E-state index contributed by atoms with van der Waals surface area (Å²) in [5.41, 5.74) is 3.38. The number of hydrogen-bond acceptors (Lipinski definition) is 5. The van der Waals surface area contributed by atoms with Crippen molar-refractivity contribution in [2.24, 2.45) is 5.73 Å². The van der Waals surface area contributed by atoms with E-state index in [0.717, 1.165) is 0 Å². The van der Waals surface area contributed by atoms with Crippen molar-refractivity contribution in [3.63, 3.8) is 0 Å². The number of ether oxygens (including phenoxy) is 1. The van der Waals surface area contributed by atoms with E-state index >= 15 is 0 Å². The quantitative estimate of drug-likeness (QED) is 0.655. The van der Waals surface area contributed by atoms with Crippen LogP contribution in [-0.2, 0) is 4.74 Å². The Morgan fingerprint density at radius 1 is 1.41 bits per heavy atom. The number of rotatable bonds is 4. The maximum Gasteiger partial charge on any atom is 0.408 e. The molecule has 1 amide bonds. The molecule has 7 nitrogen and oxygen atoms in total. The zero-order valence-electron chi connectivity index (χ0n) is 12.4. The molecule has 9 heteroatoms. The van der Waals surface area contributed by atoms with Gasteiger partial charge in [-0.05, 0) is 26.8 Å². The van der Waals surface area contributed by atoms with E-state index in [1.807, 2.05) is 0 Å². The first-order valence-electron chi connectivity index (χ1n) is 6.38. The van der Waals surface area contributed by atoms with Crippen molar-refractivity contribution in [3.8, 4) is 0 Å². The highest BCUT2D eigenvalue weighted by Crippen LogP contribution is 2.25. The van der Waals surface area contributed by atoms with E-state index in [1.54, 1.807) is 20.8 Å². The summed E-state index contributed by atoms with van der Waals surface area (Å²) in [4.78, 5) is 21.2. The maximum absolute atomic E-state index is 13.9. The van der Waals surface area contributed by atoms with E-state index in [0.29, 0.717) is 12.1 Å². The molecular formula is C13H17F2N3O4. The van der Waals surface area contributed by atoms with Crippen LogP contribution in [0.4, 0.5) is 19.3 Å². The van der Waals surface area contributed by atoms with E-state index in [4.69, 9.17) is 10.5 Å². The maximum atomic E-state index is 13.9. The van der Waals surface area contributed by atoms with Crippen LogP contribution in [0.2, 0.25) is 0 Å². The van der Waals surface area contributed by atoms with Gasteiger partial charge in [-0.3, -0.25) is 10.1 Å². The highest BCUT2D eigenvalue weighted by molar-refractivity contribution is 5.68. The Morgan fingerprint density at radius 2 is 2.00 bits per heavy atom. The molecule has 3 N–H and O–H groups in total.